The minimum atomic E-state index is -4.73. The molecule has 0 atom stereocenters. The molecule has 0 aliphatic rings. The van der Waals surface area contributed by atoms with Gasteiger partial charge in [0.2, 0.25) is 0 Å². The fourth-order valence-electron chi connectivity index (χ4n) is 0.750. The van der Waals surface area contributed by atoms with Gasteiger partial charge in [-0.1, -0.05) is 0 Å². The van der Waals surface area contributed by atoms with Gasteiger partial charge >= 0.3 is 12.1 Å². The normalized spacial score (nSPS) is 11.4. The molecule has 0 aromatic carbocycles. The third-order valence-electron chi connectivity index (χ3n) is 1.37. The van der Waals surface area contributed by atoms with Gasteiger partial charge in [-0.25, -0.2) is 14.2 Å². The van der Waals surface area contributed by atoms with Crippen molar-refractivity contribution in [2.45, 2.75) is 6.18 Å². The number of carbonyl (C=O) groups is 1. The van der Waals surface area contributed by atoms with Gasteiger partial charge in [0.25, 0.3) is 0 Å². The minimum absolute atomic E-state index is 0.0937. The predicted molar refractivity (Wildman–Crippen MR) is 36.2 cm³/mol. The summed E-state index contributed by atoms with van der Waals surface area (Å²) in [7, 11) is 0. The highest BCUT2D eigenvalue weighted by Gasteiger charge is 2.32. The number of hydrogen-bond donors (Lipinski definition) is 1. The zero-order valence-corrected chi connectivity index (χ0v) is 6.47. The van der Waals surface area contributed by atoms with E-state index in [4.69, 9.17) is 5.11 Å². The monoisotopic (exact) mass is 209 g/mol. The predicted octanol–water partition coefficient (Wildman–Crippen LogP) is 1.94. The first-order chi connectivity index (χ1) is 6.32. The van der Waals surface area contributed by atoms with Crippen LogP contribution in [0.4, 0.5) is 17.6 Å². The molecule has 76 valence electrons. The molecule has 1 N–H and O–H groups in total. The Hall–Kier alpha value is -1.66. The molecular formula is C7H3F4NO2. The second kappa shape index (κ2) is 3.24. The van der Waals surface area contributed by atoms with Crippen molar-refractivity contribution < 1.29 is 27.5 Å². The fourth-order valence-corrected chi connectivity index (χ4v) is 0.750. The molecule has 0 bridgehead atoms. The second-order valence-corrected chi connectivity index (χ2v) is 2.36. The summed E-state index contributed by atoms with van der Waals surface area (Å²) in [5.41, 5.74) is -2.35. The van der Waals surface area contributed by atoms with E-state index < -0.39 is 29.2 Å². The van der Waals surface area contributed by atoms with Gasteiger partial charge in [-0.05, 0) is 6.07 Å². The Bertz CT molecular complexity index is 374. The van der Waals surface area contributed by atoms with Gasteiger partial charge in [-0.3, -0.25) is 0 Å². The maximum absolute atomic E-state index is 12.7. The highest BCUT2D eigenvalue weighted by Crippen LogP contribution is 2.29. The Balaban J connectivity index is 3.20. The summed E-state index contributed by atoms with van der Waals surface area (Å²) in [5.74, 6) is -3.22. The van der Waals surface area contributed by atoms with Crippen LogP contribution in [0.3, 0.4) is 0 Å². The molecule has 0 aliphatic heterocycles. The van der Waals surface area contributed by atoms with Crippen LogP contribution >= 0.6 is 0 Å². The van der Waals surface area contributed by atoms with E-state index in [0.29, 0.717) is 0 Å². The number of aromatic nitrogens is 1. The molecule has 1 rings (SSSR count). The summed E-state index contributed by atoms with van der Waals surface area (Å²) < 4.78 is 48.5. The molecular weight excluding hydrogens is 206 g/mol. The Labute approximate surface area is 75.0 Å². The average Bonchev–Trinajstić information content (AvgIpc) is 2.01. The molecule has 7 heteroatoms. The SMILES string of the molecule is O=C(O)c1ncc(C(F)(F)F)cc1F. The first kappa shape index (κ1) is 10.4. The van der Waals surface area contributed by atoms with E-state index in [1.165, 1.54) is 0 Å². The number of aromatic carboxylic acids is 1. The first-order valence-electron chi connectivity index (χ1n) is 3.28. The van der Waals surface area contributed by atoms with Crippen LogP contribution in [-0.4, -0.2) is 16.1 Å². The quantitative estimate of drug-likeness (QED) is 0.719. The van der Waals surface area contributed by atoms with Crippen LogP contribution in [0.1, 0.15) is 16.1 Å². The van der Waals surface area contributed by atoms with E-state index in [2.05, 4.69) is 4.98 Å². The third kappa shape index (κ3) is 1.98. The molecule has 0 unspecified atom stereocenters. The van der Waals surface area contributed by atoms with Crippen LogP contribution in [-0.2, 0) is 6.18 Å². The summed E-state index contributed by atoms with van der Waals surface area (Å²) in [5, 5.41) is 8.28. The summed E-state index contributed by atoms with van der Waals surface area (Å²) in [4.78, 5) is 13.0. The lowest BCUT2D eigenvalue weighted by atomic mass is 10.2. The number of rotatable bonds is 1. The number of nitrogens with zero attached hydrogens (tertiary/aromatic N) is 1. The summed E-state index contributed by atoms with van der Waals surface area (Å²) in [6.45, 7) is 0. The first-order valence-corrected chi connectivity index (χ1v) is 3.28. The van der Waals surface area contributed by atoms with Gasteiger partial charge in [-0.15, -0.1) is 0 Å². The van der Waals surface area contributed by atoms with Gasteiger partial charge in [-0.2, -0.15) is 13.2 Å². The van der Waals surface area contributed by atoms with E-state index in [1.54, 1.807) is 0 Å². The molecule has 14 heavy (non-hydrogen) atoms. The van der Waals surface area contributed by atoms with E-state index in [0.717, 1.165) is 0 Å². The third-order valence-corrected chi connectivity index (χ3v) is 1.37. The van der Waals surface area contributed by atoms with Crippen LogP contribution in [0.5, 0.6) is 0 Å². The van der Waals surface area contributed by atoms with E-state index >= 15 is 0 Å². The summed E-state index contributed by atoms with van der Waals surface area (Å²) in [6, 6.07) is 0.0937. The van der Waals surface area contributed by atoms with Gasteiger partial charge in [0, 0.05) is 6.20 Å². The van der Waals surface area contributed by atoms with E-state index in [-0.39, 0.29) is 12.3 Å². The van der Waals surface area contributed by atoms with Crippen molar-refractivity contribution >= 4 is 5.97 Å². The highest BCUT2D eigenvalue weighted by atomic mass is 19.4. The molecule has 0 spiro atoms. The molecule has 1 aromatic rings. The molecule has 0 saturated heterocycles. The highest BCUT2D eigenvalue weighted by molar-refractivity contribution is 5.85. The van der Waals surface area contributed by atoms with Crippen LogP contribution in [0.25, 0.3) is 0 Å². The van der Waals surface area contributed by atoms with Gasteiger partial charge < -0.3 is 5.11 Å². The van der Waals surface area contributed by atoms with Crippen molar-refractivity contribution in [2.24, 2.45) is 0 Å². The molecule has 1 heterocycles. The molecule has 0 aliphatic carbocycles. The average molecular weight is 209 g/mol. The Morgan fingerprint density at radius 1 is 1.43 bits per heavy atom. The summed E-state index contributed by atoms with van der Waals surface area (Å²) in [6.07, 6.45) is -4.46. The maximum atomic E-state index is 12.7. The number of alkyl halides is 3. The maximum Gasteiger partial charge on any atom is 0.417 e. The van der Waals surface area contributed by atoms with Crippen molar-refractivity contribution in [1.29, 1.82) is 0 Å². The number of carboxylic acid groups (broad SMARTS) is 1. The number of pyridine rings is 1. The molecule has 3 nitrogen and oxygen atoms in total. The lowest BCUT2D eigenvalue weighted by Crippen LogP contribution is -2.10. The van der Waals surface area contributed by atoms with Gasteiger partial charge in [0.15, 0.2) is 11.5 Å². The molecule has 0 fully saturated rings. The number of hydrogen-bond acceptors (Lipinski definition) is 2. The van der Waals surface area contributed by atoms with Crippen molar-refractivity contribution in [3.63, 3.8) is 0 Å². The van der Waals surface area contributed by atoms with Crippen molar-refractivity contribution in [1.82, 2.24) is 4.98 Å². The zero-order chi connectivity index (χ0) is 10.9. The lowest BCUT2D eigenvalue weighted by Gasteiger charge is -2.06. The standard InChI is InChI=1S/C7H3F4NO2/c8-4-1-3(7(9,10)11)2-12-5(4)6(13)14/h1-2H,(H,13,14). The second-order valence-electron chi connectivity index (χ2n) is 2.36. The van der Waals surface area contributed by atoms with Crippen LogP contribution < -0.4 is 0 Å². The zero-order valence-electron chi connectivity index (χ0n) is 6.47. The van der Waals surface area contributed by atoms with Crippen molar-refractivity contribution in [3.05, 3.63) is 29.3 Å². The van der Waals surface area contributed by atoms with Crippen LogP contribution in [0, 0.1) is 5.82 Å². The Kier molecular flexibility index (Phi) is 2.41. The number of carboxylic acids is 1. The lowest BCUT2D eigenvalue weighted by molar-refractivity contribution is -0.138. The van der Waals surface area contributed by atoms with E-state index in [1.807, 2.05) is 0 Å². The molecule has 0 saturated carbocycles. The summed E-state index contributed by atoms with van der Waals surface area (Å²) >= 11 is 0. The van der Waals surface area contributed by atoms with E-state index in [9.17, 15) is 22.4 Å². The molecule has 0 radical (unpaired) electrons. The smallest absolute Gasteiger partial charge is 0.417 e. The Morgan fingerprint density at radius 3 is 2.36 bits per heavy atom. The van der Waals surface area contributed by atoms with Crippen molar-refractivity contribution in [2.75, 3.05) is 0 Å². The molecule has 1 aromatic heterocycles. The van der Waals surface area contributed by atoms with Crippen LogP contribution in [0.15, 0.2) is 12.3 Å². The Morgan fingerprint density at radius 2 is 2.00 bits per heavy atom. The fraction of sp³-hybridized carbons (Fsp3) is 0.143. The largest absolute Gasteiger partial charge is 0.476 e. The number of halogens is 4. The topological polar surface area (TPSA) is 50.2 Å². The van der Waals surface area contributed by atoms with Crippen molar-refractivity contribution in [3.8, 4) is 0 Å². The minimum Gasteiger partial charge on any atom is -0.476 e. The van der Waals surface area contributed by atoms with Crippen LogP contribution in [0.2, 0.25) is 0 Å². The van der Waals surface area contributed by atoms with Gasteiger partial charge in [0.05, 0.1) is 5.56 Å². The molecule has 0 amide bonds. The van der Waals surface area contributed by atoms with Gasteiger partial charge in [0.1, 0.15) is 0 Å².